The summed E-state index contributed by atoms with van der Waals surface area (Å²) < 4.78 is 0.867. The molecule has 0 aromatic heterocycles. The van der Waals surface area contributed by atoms with Crippen LogP contribution in [0, 0.1) is 13.8 Å². The molecule has 1 fully saturated rings. The Kier molecular flexibility index (Phi) is 6.41. The summed E-state index contributed by atoms with van der Waals surface area (Å²) in [5, 5.41) is 2.27. The van der Waals surface area contributed by atoms with Gasteiger partial charge < -0.3 is 4.90 Å². The molecular weight excluding hydrogens is 446 g/mol. The van der Waals surface area contributed by atoms with Gasteiger partial charge in [-0.15, -0.1) is 0 Å². The number of carbonyl (C=O) groups is 3. The summed E-state index contributed by atoms with van der Waals surface area (Å²) in [5.74, 6) is -1.34. The largest absolute Gasteiger partial charge is 0.371 e. The highest BCUT2D eigenvalue weighted by Crippen LogP contribution is 2.29. The summed E-state index contributed by atoms with van der Waals surface area (Å²) in [4.78, 5) is 41.1. The molecule has 4 amide bonds. The molecule has 0 saturated carbocycles. The second-order valence-corrected chi connectivity index (χ2v) is 8.04. The van der Waals surface area contributed by atoms with Crippen molar-refractivity contribution < 1.29 is 14.4 Å². The fraction of sp³-hybridized carbons (Fsp3) is 0.261. The minimum Gasteiger partial charge on any atom is -0.371 e. The third-order valence-electron chi connectivity index (χ3n) is 4.95. The highest BCUT2D eigenvalue weighted by atomic mass is 79.9. The zero-order valence-corrected chi connectivity index (χ0v) is 19.0. The molecule has 156 valence electrons. The Morgan fingerprint density at radius 2 is 1.63 bits per heavy atom. The molecule has 7 heteroatoms. The first-order chi connectivity index (χ1) is 14.2. The van der Waals surface area contributed by atoms with E-state index in [1.807, 2.05) is 38.1 Å². The van der Waals surface area contributed by atoms with Crippen LogP contribution >= 0.6 is 15.9 Å². The Labute approximate surface area is 184 Å². The van der Waals surface area contributed by atoms with E-state index in [1.54, 1.807) is 12.1 Å². The standard InChI is InChI=1S/C23H24BrN3O3/c1-5-26(6-2)20-8-7-16(13-19(20)24)12-18-21(28)25-23(30)27(22(18)29)17-10-14(3)9-15(4)11-17/h7-13H,5-6H2,1-4H3,(H,25,28,30)/b18-12+. The average Bonchev–Trinajstić information content (AvgIpc) is 2.66. The van der Waals surface area contributed by atoms with Crippen LogP contribution < -0.4 is 15.1 Å². The van der Waals surface area contributed by atoms with Crippen LogP contribution in [0.4, 0.5) is 16.2 Å². The van der Waals surface area contributed by atoms with E-state index in [4.69, 9.17) is 0 Å². The molecule has 6 nitrogen and oxygen atoms in total. The van der Waals surface area contributed by atoms with Gasteiger partial charge >= 0.3 is 6.03 Å². The van der Waals surface area contributed by atoms with Gasteiger partial charge in [0.05, 0.1) is 11.4 Å². The first-order valence-corrected chi connectivity index (χ1v) is 10.6. The fourth-order valence-corrected chi connectivity index (χ4v) is 4.22. The van der Waals surface area contributed by atoms with Crippen molar-refractivity contribution in [3.05, 3.63) is 63.1 Å². The van der Waals surface area contributed by atoms with Gasteiger partial charge in [-0.05, 0) is 90.7 Å². The predicted molar refractivity (Wildman–Crippen MR) is 123 cm³/mol. The summed E-state index contributed by atoms with van der Waals surface area (Å²) in [7, 11) is 0. The van der Waals surface area contributed by atoms with Gasteiger partial charge in [0.25, 0.3) is 11.8 Å². The van der Waals surface area contributed by atoms with E-state index in [9.17, 15) is 14.4 Å². The maximum Gasteiger partial charge on any atom is 0.335 e. The third-order valence-corrected chi connectivity index (χ3v) is 5.59. The van der Waals surface area contributed by atoms with Crippen LogP contribution in [0.5, 0.6) is 0 Å². The van der Waals surface area contributed by atoms with Gasteiger partial charge in [0.15, 0.2) is 0 Å². The van der Waals surface area contributed by atoms with Gasteiger partial charge in [-0.25, -0.2) is 9.69 Å². The number of hydrogen-bond donors (Lipinski definition) is 1. The minimum absolute atomic E-state index is 0.0868. The zero-order valence-electron chi connectivity index (χ0n) is 17.5. The van der Waals surface area contributed by atoms with Crippen molar-refractivity contribution in [3.8, 4) is 0 Å². The summed E-state index contributed by atoms with van der Waals surface area (Å²) in [6.45, 7) is 9.66. The number of halogens is 1. The number of urea groups is 1. The Hall–Kier alpha value is -2.93. The van der Waals surface area contributed by atoms with Crippen LogP contribution in [0.15, 0.2) is 46.4 Å². The van der Waals surface area contributed by atoms with Gasteiger partial charge in [-0.1, -0.05) is 12.1 Å². The van der Waals surface area contributed by atoms with Crippen molar-refractivity contribution in [3.63, 3.8) is 0 Å². The second-order valence-electron chi connectivity index (χ2n) is 7.19. The number of carbonyl (C=O) groups excluding carboxylic acids is 3. The number of rotatable bonds is 5. The second kappa shape index (κ2) is 8.83. The summed E-state index contributed by atoms with van der Waals surface area (Å²) in [6, 6.07) is 10.3. The lowest BCUT2D eigenvalue weighted by molar-refractivity contribution is -0.122. The number of imide groups is 2. The molecular formula is C23H24BrN3O3. The molecule has 0 unspecified atom stereocenters. The monoisotopic (exact) mass is 469 g/mol. The Morgan fingerprint density at radius 1 is 1.00 bits per heavy atom. The van der Waals surface area contributed by atoms with Crippen LogP contribution in [-0.2, 0) is 9.59 Å². The molecule has 0 aliphatic carbocycles. The predicted octanol–water partition coefficient (Wildman–Crippen LogP) is 4.58. The molecule has 3 rings (SSSR count). The topological polar surface area (TPSA) is 69.7 Å². The van der Waals surface area contributed by atoms with Gasteiger partial charge in [-0.2, -0.15) is 0 Å². The van der Waals surface area contributed by atoms with E-state index in [1.165, 1.54) is 6.08 Å². The third kappa shape index (κ3) is 4.31. The number of nitrogens with one attached hydrogen (secondary N) is 1. The fourth-order valence-electron chi connectivity index (χ4n) is 3.57. The van der Waals surface area contributed by atoms with Crippen molar-refractivity contribution >= 4 is 51.2 Å². The average molecular weight is 470 g/mol. The number of benzene rings is 2. The molecule has 0 radical (unpaired) electrons. The Bertz CT molecular complexity index is 1040. The van der Waals surface area contributed by atoms with Crippen molar-refractivity contribution in [2.45, 2.75) is 27.7 Å². The van der Waals surface area contributed by atoms with E-state index in [0.717, 1.165) is 39.3 Å². The molecule has 1 N–H and O–H groups in total. The van der Waals surface area contributed by atoms with Crippen molar-refractivity contribution in [1.82, 2.24) is 5.32 Å². The minimum atomic E-state index is -0.745. The van der Waals surface area contributed by atoms with E-state index in [0.29, 0.717) is 11.3 Å². The van der Waals surface area contributed by atoms with Gasteiger partial charge in [-0.3, -0.25) is 14.9 Å². The SMILES string of the molecule is CCN(CC)c1ccc(/C=C2\C(=O)NC(=O)N(c3cc(C)cc(C)c3)C2=O)cc1Br. The van der Waals surface area contributed by atoms with Crippen LogP contribution in [0.25, 0.3) is 6.08 Å². The number of amides is 4. The lowest BCUT2D eigenvalue weighted by Crippen LogP contribution is -2.54. The molecule has 2 aromatic carbocycles. The molecule has 1 heterocycles. The first kappa shape index (κ1) is 21.8. The summed E-state index contributed by atoms with van der Waals surface area (Å²) in [5.41, 5.74) is 3.91. The van der Waals surface area contributed by atoms with Gasteiger partial charge in [0.2, 0.25) is 0 Å². The molecule has 0 bridgehead atoms. The van der Waals surface area contributed by atoms with Crippen LogP contribution in [0.2, 0.25) is 0 Å². The Morgan fingerprint density at radius 3 is 2.20 bits per heavy atom. The first-order valence-electron chi connectivity index (χ1n) is 9.79. The van der Waals surface area contributed by atoms with Crippen LogP contribution in [0.3, 0.4) is 0 Å². The highest BCUT2D eigenvalue weighted by Gasteiger charge is 2.37. The van der Waals surface area contributed by atoms with E-state index in [-0.39, 0.29) is 5.57 Å². The molecule has 2 aromatic rings. The number of anilines is 2. The van der Waals surface area contributed by atoms with E-state index < -0.39 is 17.8 Å². The molecule has 0 spiro atoms. The van der Waals surface area contributed by atoms with Crippen molar-refractivity contribution in [2.75, 3.05) is 22.9 Å². The number of barbiturate groups is 1. The number of hydrogen-bond acceptors (Lipinski definition) is 4. The van der Waals surface area contributed by atoms with Crippen LogP contribution in [0.1, 0.15) is 30.5 Å². The van der Waals surface area contributed by atoms with Crippen molar-refractivity contribution in [2.24, 2.45) is 0 Å². The molecule has 0 atom stereocenters. The molecule has 1 saturated heterocycles. The zero-order chi connectivity index (χ0) is 22.0. The lowest BCUT2D eigenvalue weighted by Gasteiger charge is -2.27. The summed E-state index contributed by atoms with van der Waals surface area (Å²) in [6.07, 6.45) is 1.51. The summed E-state index contributed by atoms with van der Waals surface area (Å²) >= 11 is 3.58. The van der Waals surface area contributed by atoms with E-state index >= 15 is 0 Å². The molecule has 1 aliphatic rings. The normalized spacial score (nSPS) is 15.6. The number of aryl methyl sites for hydroxylation is 2. The van der Waals surface area contributed by atoms with Crippen LogP contribution in [-0.4, -0.2) is 30.9 Å². The highest BCUT2D eigenvalue weighted by molar-refractivity contribution is 9.10. The maximum absolute atomic E-state index is 13.1. The Balaban J connectivity index is 1.99. The molecule has 1 aliphatic heterocycles. The van der Waals surface area contributed by atoms with Gasteiger partial charge in [0, 0.05) is 17.6 Å². The lowest BCUT2D eigenvalue weighted by atomic mass is 10.0. The smallest absolute Gasteiger partial charge is 0.335 e. The maximum atomic E-state index is 13.1. The van der Waals surface area contributed by atoms with Crippen molar-refractivity contribution in [1.29, 1.82) is 0 Å². The quantitative estimate of drug-likeness (QED) is 0.513. The van der Waals surface area contributed by atoms with Gasteiger partial charge in [0.1, 0.15) is 5.57 Å². The van der Waals surface area contributed by atoms with E-state index in [2.05, 4.69) is 40.0 Å². The molecule has 30 heavy (non-hydrogen) atoms. The number of nitrogens with zero attached hydrogens (tertiary/aromatic N) is 2.